The van der Waals surface area contributed by atoms with E-state index >= 15 is 0 Å². The number of thiophene rings is 1. The average molecular weight is 319 g/mol. The first-order valence-corrected chi connectivity index (χ1v) is 7.76. The Morgan fingerprint density at radius 1 is 1.53 bits per heavy atom. The Morgan fingerprint density at radius 2 is 2.18 bits per heavy atom. The van der Waals surface area contributed by atoms with Gasteiger partial charge >= 0.3 is 0 Å². The van der Waals surface area contributed by atoms with Crippen LogP contribution in [0.4, 0.5) is 0 Å². The molecule has 2 atom stereocenters. The molecule has 0 aliphatic carbocycles. The second-order valence-corrected chi connectivity index (χ2v) is 6.90. The van der Waals surface area contributed by atoms with Crippen molar-refractivity contribution in [2.75, 3.05) is 20.1 Å². The number of nitrogens with zero attached hydrogens (tertiary/aromatic N) is 1. The SMILES string of the molecule is CCC(C)CN(C)C(CN)c1cc(Br)c(C)s1. The Kier molecular flexibility index (Phi) is 6.13. The lowest BCUT2D eigenvalue weighted by Crippen LogP contribution is -2.33. The topological polar surface area (TPSA) is 29.3 Å². The molecule has 0 saturated heterocycles. The summed E-state index contributed by atoms with van der Waals surface area (Å²) in [6.45, 7) is 8.45. The molecule has 0 fully saturated rings. The van der Waals surface area contributed by atoms with Gasteiger partial charge in [0.15, 0.2) is 0 Å². The fourth-order valence-electron chi connectivity index (χ4n) is 1.91. The molecular weight excluding hydrogens is 296 g/mol. The molecule has 17 heavy (non-hydrogen) atoms. The molecule has 0 aromatic carbocycles. The van der Waals surface area contributed by atoms with Crippen LogP contribution in [-0.2, 0) is 0 Å². The molecule has 1 aromatic rings. The Bertz CT molecular complexity index is 332. The van der Waals surface area contributed by atoms with Gasteiger partial charge in [0.05, 0.1) is 6.04 Å². The predicted octanol–water partition coefficient (Wildman–Crippen LogP) is 3.80. The van der Waals surface area contributed by atoms with Crippen molar-refractivity contribution in [2.45, 2.75) is 33.2 Å². The van der Waals surface area contributed by atoms with Crippen molar-refractivity contribution in [3.63, 3.8) is 0 Å². The summed E-state index contributed by atoms with van der Waals surface area (Å²) in [4.78, 5) is 5.07. The number of likely N-dealkylation sites (N-methyl/N-ethyl adjacent to an activating group) is 1. The summed E-state index contributed by atoms with van der Waals surface area (Å²) in [6.07, 6.45) is 1.22. The van der Waals surface area contributed by atoms with Crippen LogP contribution in [0.2, 0.25) is 0 Å². The summed E-state index contributed by atoms with van der Waals surface area (Å²) in [5.74, 6) is 0.721. The van der Waals surface area contributed by atoms with Gasteiger partial charge in [-0.05, 0) is 41.9 Å². The van der Waals surface area contributed by atoms with Crippen LogP contribution < -0.4 is 5.73 Å². The number of aryl methyl sites for hydroxylation is 1. The molecule has 0 spiro atoms. The van der Waals surface area contributed by atoms with Crippen molar-refractivity contribution in [3.8, 4) is 0 Å². The van der Waals surface area contributed by atoms with Crippen LogP contribution in [0.25, 0.3) is 0 Å². The monoisotopic (exact) mass is 318 g/mol. The molecule has 98 valence electrons. The van der Waals surface area contributed by atoms with Gasteiger partial charge in [0, 0.05) is 27.3 Å². The second-order valence-electron chi connectivity index (χ2n) is 4.76. The molecule has 1 aromatic heterocycles. The summed E-state index contributed by atoms with van der Waals surface area (Å²) >= 11 is 5.42. The minimum Gasteiger partial charge on any atom is -0.329 e. The third-order valence-corrected chi connectivity index (χ3v) is 5.49. The molecule has 0 aliphatic heterocycles. The van der Waals surface area contributed by atoms with Gasteiger partial charge in [0.2, 0.25) is 0 Å². The molecule has 2 nitrogen and oxygen atoms in total. The average Bonchev–Trinajstić information content (AvgIpc) is 2.59. The zero-order chi connectivity index (χ0) is 13.0. The number of rotatable bonds is 6. The molecule has 1 heterocycles. The smallest absolute Gasteiger partial charge is 0.0562 e. The molecule has 4 heteroatoms. The van der Waals surface area contributed by atoms with E-state index in [-0.39, 0.29) is 0 Å². The maximum Gasteiger partial charge on any atom is 0.0562 e. The van der Waals surface area contributed by atoms with Gasteiger partial charge in [-0.25, -0.2) is 0 Å². The molecule has 0 radical (unpaired) electrons. The van der Waals surface area contributed by atoms with E-state index in [1.165, 1.54) is 20.6 Å². The lowest BCUT2D eigenvalue weighted by atomic mass is 10.1. The minimum absolute atomic E-state index is 0.346. The summed E-state index contributed by atoms with van der Waals surface area (Å²) in [5, 5.41) is 0. The molecule has 2 N–H and O–H groups in total. The number of nitrogens with two attached hydrogens (primary N) is 1. The number of hydrogen-bond donors (Lipinski definition) is 1. The maximum atomic E-state index is 5.93. The Hall–Kier alpha value is 0.1000. The summed E-state index contributed by atoms with van der Waals surface area (Å²) in [7, 11) is 2.17. The first-order chi connectivity index (χ1) is 7.99. The predicted molar refractivity (Wildman–Crippen MR) is 80.6 cm³/mol. The van der Waals surface area contributed by atoms with E-state index in [1.54, 1.807) is 0 Å². The van der Waals surface area contributed by atoms with Crippen LogP contribution in [0.3, 0.4) is 0 Å². The van der Waals surface area contributed by atoms with E-state index < -0.39 is 0 Å². The molecule has 0 amide bonds. The first kappa shape index (κ1) is 15.2. The van der Waals surface area contributed by atoms with E-state index in [0.717, 1.165) is 12.5 Å². The van der Waals surface area contributed by atoms with Gasteiger partial charge in [0.25, 0.3) is 0 Å². The van der Waals surface area contributed by atoms with Gasteiger partial charge in [-0.3, -0.25) is 4.90 Å². The van der Waals surface area contributed by atoms with Gasteiger partial charge < -0.3 is 5.73 Å². The highest BCUT2D eigenvalue weighted by Gasteiger charge is 2.19. The molecule has 0 bridgehead atoms. The molecular formula is C13H23BrN2S. The van der Waals surface area contributed by atoms with Crippen LogP contribution in [-0.4, -0.2) is 25.0 Å². The van der Waals surface area contributed by atoms with E-state index in [4.69, 9.17) is 5.73 Å². The van der Waals surface area contributed by atoms with E-state index in [2.05, 4.69) is 54.7 Å². The summed E-state index contributed by atoms with van der Waals surface area (Å²) in [6, 6.07) is 2.56. The number of halogens is 1. The van der Waals surface area contributed by atoms with Crippen molar-refractivity contribution in [2.24, 2.45) is 11.7 Å². The normalized spacial score (nSPS) is 15.2. The Balaban J connectivity index is 2.76. The van der Waals surface area contributed by atoms with E-state index in [9.17, 15) is 0 Å². The standard InChI is InChI=1S/C13H23BrN2S/c1-5-9(2)8-16(4)12(7-15)13-6-11(14)10(3)17-13/h6,9,12H,5,7-8,15H2,1-4H3. The first-order valence-electron chi connectivity index (χ1n) is 6.15. The second kappa shape index (κ2) is 6.88. The van der Waals surface area contributed by atoms with Crippen LogP contribution in [0.1, 0.15) is 36.1 Å². The quantitative estimate of drug-likeness (QED) is 0.864. The lowest BCUT2D eigenvalue weighted by Gasteiger charge is -2.28. The molecule has 0 saturated carbocycles. The van der Waals surface area contributed by atoms with Crippen molar-refractivity contribution in [1.29, 1.82) is 0 Å². The van der Waals surface area contributed by atoms with E-state index in [1.807, 2.05) is 11.3 Å². The summed E-state index contributed by atoms with van der Waals surface area (Å²) in [5.41, 5.74) is 5.93. The fourth-order valence-corrected chi connectivity index (χ4v) is 3.65. The zero-order valence-electron chi connectivity index (χ0n) is 11.2. The number of hydrogen-bond acceptors (Lipinski definition) is 3. The highest BCUT2D eigenvalue weighted by molar-refractivity contribution is 9.10. The Morgan fingerprint density at radius 3 is 2.59 bits per heavy atom. The maximum absolute atomic E-state index is 5.93. The third-order valence-electron chi connectivity index (χ3n) is 3.26. The highest BCUT2D eigenvalue weighted by Crippen LogP contribution is 2.32. The van der Waals surface area contributed by atoms with Gasteiger partial charge in [-0.2, -0.15) is 0 Å². The van der Waals surface area contributed by atoms with Crippen molar-refractivity contribution in [3.05, 3.63) is 20.3 Å². The van der Waals surface area contributed by atoms with Crippen molar-refractivity contribution in [1.82, 2.24) is 4.90 Å². The molecule has 0 aliphatic rings. The largest absolute Gasteiger partial charge is 0.329 e. The van der Waals surface area contributed by atoms with E-state index in [0.29, 0.717) is 12.6 Å². The fraction of sp³-hybridized carbons (Fsp3) is 0.692. The minimum atomic E-state index is 0.346. The summed E-state index contributed by atoms with van der Waals surface area (Å²) < 4.78 is 1.20. The van der Waals surface area contributed by atoms with Crippen LogP contribution >= 0.6 is 27.3 Å². The van der Waals surface area contributed by atoms with Gasteiger partial charge in [0.1, 0.15) is 0 Å². The highest BCUT2D eigenvalue weighted by atomic mass is 79.9. The van der Waals surface area contributed by atoms with Crippen LogP contribution in [0.15, 0.2) is 10.5 Å². The van der Waals surface area contributed by atoms with Crippen LogP contribution in [0.5, 0.6) is 0 Å². The molecule has 2 unspecified atom stereocenters. The third kappa shape index (κ3) is 4.05. The van der Waals surface area contributed by atoms with Crippen molar-refractivity contribution >= 4 is 27.3 Å². The molecule has 1 rings (SSSR count). The van der Waals surface area contributed by atoms with Gasteiger partial charge in [-0.15, -0.1) is 11.3 Å². The lowest BCUT2D eigenvalue weighted by molar-refractivity contribution is 0.218. The van der Waals surface area contributed by atoms with Gasteiger partial charge in [-0.1, -0.05) is 20.3 Å². The zero-order valence-corrected chi connectivity index (χ0v) is 13.6. The van der Waals surface area contributed by atoms with Crippen molar-refractivity contribution < 1.29 is 0 Å². The Labute approximate surface area is 117 Å². The van der Waals surface area contributed by atoms with Crippen LogP contribution in [0, 0.1) is 12.8 Å².